The van der Waals surface area contributed by atoms with Crippen molar-refractivity contribution in [3.05, 3.63) is 47.4 Å². The van der Waals surface area contributed by atoms with Crippen LogP contribution in [-0.4, -0.2) is 35.7 Å². The second-order valence-electron chi connectivity index (χ2n) is 7.86. The predicted octanol–water partition coefficient (Wildman–Crippen LogP) is 4.83. The molecular weight excluding hydrogens is 375 g/mol. The molecule has 0 atom stereocenters. The first-order valence-corrected chi connectivity index (χ1v) is 10.3. The highest BCUT2D eigenvalue weighted by Crippen LogP contribution is 2.44. The molecule has 3 aliphatic heterocycles. The fourth-order valence-electron chi connectivity index (χ4n) is 4.43. The molecule has 6 rings (SSSR count). The molecule has 0 spiro atoms. The van der Waals surface area contributed by atoms with Crippen molar-refractivity contribution in [1.29, 1.82) is 0 Å². The maximum atomic E-state index is 15.2. The molecule has 6 heteroatoms. The van der Waals surface area contributed by atoms with E-state index in [2.05, 4.69) is 21.0 Å². The van der Waals surface area contributed by atoms with E-state index in [4.69, 9.17) is 16.6 Å². The van der Waals surface area contributed by atoms with E-state index in [1.54, 1.807) is 6.07 Å². The van der Waals surface area contributed by atoms with E-state index in [1.165, 1.54) is 12.8 Å². The maximum absolute atomic E-state index is 15.2. The molecule has 3 heterocycles. The van der Waals surface area contributed by atoms with E-state index < -0.39 is 0 Å². The molecule has 0 radical (unpaired) electrons. The molecule has 0 aromatic heterocycles. The largest absolute Gasteiger partial charge is 0.367 e. The van der Waals surface area contributed by atoms with Crippen LogP contribution in [-0.2, 0) is 0 Å². The molecule has 1 saturated heterocycles. The molecule has 0 amide bonds. The van der Waals surface area contributed by atoms with Crippen LogP contribution in [0.25, 0.3) is 33.1 Å². The zero-order valence-electron chi connectivity index (χ0n) is 15.4. The normalized spacial score (nSPS) is 17.9. The highest BCUT2D eigenvalue weighted by Gasteiger charge is 2.28. The van der Waals surface area contributed by atoms with E-state index in [0.717, 1.165) is 59.2 Å². The van der Waals surface area contributed by atoms with Gasteiger partial charge in [0.2, 0.25) is 0 Å². The average Bonchev–Trinajstić information content (AvgIpc) is 3.48. The summed E-state index contributed by atoms with van der Waals surface area (Å²) in [4.78, 5) is 6.96. The van der Waals surface area contributed by atoms with Gasteiger partial charge in [-0.15, -0.1) is 0 Å². The minimum atomic E-state index is -0.172. The minimum absolute atomic E-state index is 0.172. The molecule has 2 fully saturated rings. The molecule has 1 aliphatic carbocycles. The fourth-order valence-corrected chi connectivity index (χ4v) is 4.60. The van der Waals surface area contributed by atoms with Gasteiger partial charge in [0.1, 0.15) is 5.82 Å². The number of nitrogens with one attached hydrogen (secondary N) is 1. The van der Waals surface area contributed by atoms with Crippen molar-refractivity contribution < 1.29 is 4.39 Å². The summed E-state index contributed by atoms with van der Waals surface area (Å²) in [5, 5.41) is 5.96. The Bertz CT molecular complexity index is 1190. The lowest BCUT2D eigenvalue weighted by molar-refractivity contribution is 0.567. The zero-order valence-corrected chi connectivity index (χ0v) is 16.1. The third-order valence-corrected chi connectivity index (χ3v) is 6.24. The first-order valence-electron chi connectivity index (χ1n) is 9.88. The van der Waals surface area contributed by atoms with Crippen LogP contribution in [0.1, 0.15) is 18.9 Å². The number of halogens is 2. The van der Waals surface area contributed by atoms with Crippen molar-refractivity contribution in [2.24, 2.45) is 0 Å². The third-order valence-electron chi connectivity index (χ3n) is 6.00. The van der Waals surface area contributed by atoms with Gasteiger partial charge in [-0.25, -0.2) is 9.37 Å². The molecule has 2 aromatic carbocycles. The first-order chi connectivity index (χ1) is 13.7. The Morgan fingerprint density at radius 3 is 2.68 bits per heavy atom. The number of benzene rings is 2. The van der Waals surface area contributed by atoms with Crippen molar-refractivity contribution in [1.82, 2.24) is 14.9 Å². The Labute approximate surface area is 167 Å². The van der Waals surface area contributed by atoms with Gasteiger partial charge in [0.25, 0.3) is 0 Å². The van der Waals surface area contributed by atoms with Gasteiger partial charge in [0, 0.05) is 59.8 Å². The van der Waals surface area contributed by atoms with Crippen molar-refractivity contribution >= 4 is 39.1 Å². The number of hydrogen-bond acceptors (Lipinski definition) is 3. The van der Waals surface area contributed by atoms with Crippen molar-refractivity contribution in [2.75, 3.05) is 31.1 Å². The van der Waals surface area contributed by atoms with Gasteiger partial charge in [-0.1, -0.05) is 17.7 Å². The van der Waals surface area contributed by atoms with E-state index in [9.17, 15) is 0 Å². The molecule has 28 heavy (non-hydrogen) atoms. The summed E-state index contributed by atoms with van der Waals surface area (Å²) in [5.41, 5.74) is 4.56. The number of pyridine rings is 1. The quantitative estimate of drug-likeness (QED) is 0.528. The molecule has 4 aliphatic rings. The van der Waals surface area contributed by atoms with E-state index in [0.29, 0.717) is 16.8 Å². The number of hydrogen-bond donors (Lipinski definition) is 1. The second-order valence-corrected chi connectivity index (χ2v) is 8.30. The number of piperazine rings is 1. The summed E-state index contributed by atoms with van der Waals surface area (Å²) in [6.45, 7) is 3.42. The molecular formula is C22H20ClFN4. The minimum Gasteiger partial charge on any atom is -0.367 e. The van der Waals surface area contributed by atoms with Crippen LogP contribution in [0.2, 0.25) is 5.02 Å². The SMILES string of the molecule is Fc1cc2c3nc4cc(Cl)ccc4c-3cn(C3CC3)c2cc1N1CCNCC1. The van der Waals surface area contributed by atoms with Crippen LogP contribution in [0.5, 0.6) is 0 Å². The predicted molar refractivity (Wildman–Crippen MR) is 112 cm³/mol. The molecule has 4 nitrogen and oxygen atoms in total. The number of fused-ring (bicyclic) bond motifs is 5. The first kappa shape index (κ1) is 16.6. The van der Waals surface area contributed by atoms with Gasteiger partial charge in [-0.2, -0.15) is 0 Å². The average molecular weight is 395 g/mol. The number of anilines is 1. The van der Waals surface area contributed by atoms with Gasteiger partial charge in [0.15, 0.2) is 0 Å². The fraction of sp³-hybridized carbons (Fsp3) is 0.318. The van der Waals surface area contributed by atoms with E-state index in [1.807, 2.05) is 24.3 Å². The summed E-state index contributed by atoms with van der Waals surface area (Å²) < 4.78 is 17.5. The molecule has 1 saturated carbocycles. The lowest BCUT2D eigenvalue weighted by Crippen LogP contribution is -2.43. The van der Waals surface area contributed by atoms with Gasteiger partial charge in [-0.3, -0.25) is 0 Å². The van der Waals surface area contributed by atoms with Crippen molar-refractivity contribution in [3.8, 4) is 11.3 Å². The van der Waals surface area contributed by atoms with Gasteiger partial charge in [0.05, 0.1) is 22.4 Å². The standard InChI is InChI=1S/C22H20ClFN4/c23-13-1-4-15-17-12-28(14-2-3-14)20-11-21(27-7-5-25-6-8-27)18(24)10-16(20)22(17)26-19(15)9-13/h1,4,9-12,14,25H,2-3,5-8H2. The molecule has 142 valence electrons. The number of rotatable bonds is 2. The van der Waals surface area contributed by atoms with Crippen LogP contribution in [0.4, 0.5) is 10.1 Å². The maximum Gasteiger partial charge on any atom is 0.147 e. The van der Waals surface area contributed by atoms with Crippen molar-refractivity contribution in [3.63, 3.8) is 0 Å². The number of aromatic nitrogens is 2. The van der Waals surface area contributed by atoms with Crippen LogP contribution in [0.15, 0.2) is 36.5 Å². The summed E-state index contributed by atoms with van der Waals surface area (Å²) >= 11 is 6.17. The van der Waals surface area contributed by atoms with Crippen LogP contribution in [0, 0.1) is 5.82 Å². The molecule has 2 aromatic rings. The topological polar surface area (TPSA) is 33.1 Å². The van der Waals surface area contributed by atoms with Crippen LogP contribution in [0.3, 0.4) is 0 Å². The van der Waals surface area contributed by atoms with Gasteiger partial charge < -0.3 is 14.8 Å². The zero-order chi connectivity index (χ0) is 18.8. The van der Waals surface area contributed by atoms with Crippen LogP contribution >= 0.6 is 11.6 Å². The smallest absolute Gasteiger partial charge is 0.147 e. The molecule has 0 unspecified atom stereocenters. The Morgan fingerprint density at radius 2 is 1.89 bits per heavy atom. The summed E-state index contributed by atoms with van der Waals surface area (Å²) in [6, 6.07) is 9.99. The van der Waals surface area contributed by atoms with E-state index >= 15 is 4.39 Å². The number of nitrogens with zero attached hydrogens (tertiary/aromatic N) is 3. The Kier molecular flexibility index (Phi) is 3.59. The van der Waals surface area contributed by atoms with E-state index in [-0.39, 0.29) is 5.82 Å². The van der Waals surface area contributed by atoms with Gasteiger partial charge in [-0.05, 0) is 37.1 Å². The van der Waals surface area contributed by atoms with Crippen molar-refractivity contribution in [2.45, 2.75) is 18.9 Å². The lowest BCUT2D eigenvalue weighted by Gasteiger charge is -2.30. The summed E-state index contributed by atoms with van der Waals surface area (Å²) in [7, 11) is 0. The Balaban J connectivity index is 1.65. The summed E-state index contributed by atoms with van der Waals surface area (Å²) in [5.74, 6) is -0.172. The highest BCUT2D eigenvalue weighted by molar-refractivity contribution is 6.31. The lowest BCUT2D eigenvalue weighted by atomic mass is 10.0. The Morgan fingerprint density at radius 1 is 1.07 bits per heavy atom. The molecule has 1 N–H and O–H groups in total. The molecule has 0 bridgehead atoms. The second kappa shape index (κ2) is 6.06. The van der Waals surface area contributed by atoms with Crippen LogP contribution < -0.4 is 10.2 Å². The monoisotopic (exact) mass is 394 g/mol. The van der Waals surface area contributed by atoms with Gasteiger partial charge >= 0.3 is 0 Å². The third kappa shape index (κ3) is 2.50. The summed E-state index contributed by atoms with van der Waals surface area (Å²) in [6.07, 6.45) is 4.55. The highest BCUT2D eigenvalue weighted by atomic mass is 35.5. The Hall–Kier alpha value is -2.37.